The van der Waals surface area contributed by atoms with Crippen LogP contribution in [-0.4, -0.2) is 24.4 Å². The fourth-order valence-corrected chi connectivity index (χ4v) is 1.55. The van der Waals surface area contributed by atoms with E-state index in [0.29, 0.717) is 16.6 Å². The van der Waals surface area contributed by atoms with Gasteiger partial charge < -0.3 is 15.9 Å². The molecule has 0 bridgehead atoms. The monoisotopic (exact) mass is 267 g/mol. The van der Waals surface area contributed by atoms with E-state index in [4.69, 9.17) is 22.2 Å². The highest BCUT2D eigenvalue weighted by Gasteiger charge is 2.23. The average molecular weight is 268 g/mol. The highest BCUT2D eigenvalue weighted by atomic mass is 35.5. The van der Waals surface area contributed by atoms with Crippen LogP contribution in [0.2, 0.25) is 5.02 Å². The minimum atomic E-state index is -0.180. The maximum atomic E-state index is 11.3. The third-order valence-electron chi connectivity index (χ3n) is 2.42. The molecule has 96 valence electrons. The lowest BCUT2D eigenvalue weighted by molar-refractivity contribution is -0.125. The fourth-order valence-electron chi connectivity index (χ4n) is 1.36. The van der Waals surface area contributed by atoms with E-state index < -0.39 is 0 Å². The van der Waals surface area contributed by atoms with Crippen LogP contribution in [0.25, 0.3) is 0 Å². The van der Waals surface area contributed by atoms with Crippen molar-refractivity contribution in [2.75, 3.05) is 6.61 Å². The molecule has 5 nitrogen and oxygen atoms in total. The van der Waals surface area contributed by atoms with Crippen LogP contribution in [0.4, 0.5) is 0 Å². The van der Waals surface area contributed by atoms with Gasteiger partial charge in [0.2, 0.25) is 0 Å². The maximum Gasteiger partial charge on any atom is 0.260 e. The van der Waals surface area contributed by atoms with Gasteiger partial charge in [-0.25, -0.2) is 0 Å². The van der Waals surface area contributed by atoms with E-state index in [1.54, 1.807) is 24.3 Å². The summed E-state index contributed by atoms with van der Waals surface area (Å²) in [4.78, 5) is 16.2. The van der Waals surface area contributed by atoms with Crippen molar-refractivity contribution < 1.29 is 9.63 Å². The second kappa shape index (κ2) is 5.73. The number of oxime groups is 1. The average Bonchev–Trinajstić information content (AvgIpc) is 3.12. The Bertz CT molecular complexity index is 472. The summed E-state index contributed by atoms with van der Waals surface area (Å²) in [7, 11) is 0. The molecule has 0 spiro atoms. The molecule has 0 radical (unpaired) electrons. The van der Waals surface area contributed by atoms with Gasteiger partial charge in [0.05, 0.1) is 0 Å². The van der Waals surface area contributed by atoms with Crippen LogP contribution >= 0.6 is 11.6 Å². The molecule has 2 rings (SSSR count). The predicted octanol–water partition coefficient (Wildman–Crippen LogP) is 1.26. The minimum Gasteiger partial charge on any atom is -0.384 e. The first kappa shape index (κ1) is 12.7. The number of benzene rings is 1. The van der Waals surface area contributed by atoms with Crippen molar-refractivity contribution in [3.05, 3.63) is 34.9 Å². The molecule has 1 aliphatic rings. The molecular formula is C12H14ClN3O2. The second-order valence-corrected chi connectivity index (χ2v) is 4.54. The van der Waals surface area contributed by atoms with Crippen molar-refractivity contribution in [3.8, 4) is 0 Å². The molecule has 0 atom stereocenters. The van der Waals surface area contributed by atoms with Gasteiger partial charge in [0, 0.05) is 16.6 Å². The first-order valence-electron chi connectivity index (χ1n) is 5.66. The molecule has 0 heterocycles. The topological polar surface area (TPSA) is 76.7 Å². The number of carbonyl (C=O) groups is 1. The number of nitrogens with one attached hydrogen (secondary N) is 1. The molecular weight excluding hydrogens is 254 g/mol. The molecule has 0 unspecified atom stereocenters. The Labute approximate surface area is 110 Å². The number of nitrogens with zero attached hydrogens (tertiary/aromatic N) is 1. The third-order valence-corrected chi connectivity index (χ3v) is 2.66. The third kappa shape index (κ3) is 3.92. The predicted molar refractivity (Wildman–Crippen MR) is 69.3 cm³/mol. The Morgan fingerprint density at radius 2 is 2.33 bits per heavy atom. The lowest BCUT2D eigenvalue weighted by Crippen LogP contribution is -2.29. The number of rotatable bonds is 5. The van der Waals surface area contributed by atoms with Gasteiger partial charge in [-0.05, 0) is 25.0 Å². The Kier molecular flexibility index (Phi) is 4.04. The van der Waals surface area contributed by atoms with Crippen molar-refractivity contribution in [1.82, 2.24) is 5.32 Å². The number of nitrogens with two attached hydrogens (primary N) is 1. The molecule has 1 saturated carbocycles. The highest BCUT2D eigenvalue weighted by molar-refractivity contribution is 6.31. The zero-order valence-corrected chi connectivity index (χ0v) is 10.5. The van der Waals surface area contributed by atoms with Gasteiger partial charge in [0.15, 0.2) is 12.4 Å². The molecule has 1 fully saturated rings. The summed E-state index contributed by atoms with van der Waals surface area (Å²) in [6, 6.07) is 7.25. The number of halogens is 1. The molecule has 1 aromatic rings. The second-order valence-electron chi connectivity index (χ2n) is 4.10. The molecule has 0 aromatic heterocycles. The van der Waals surface area contributed by atoms with E-state index in [0.717, 1.165) is 12.8 Å². The summed E-state index contributed by atoms with van der Waals surface area (Å²) in [5, 5.41) is 7.03. The summed E-state index contributed by atoms with van der Waals surface area (Å²) in [5.74, 6) is 0.0110. The van der Waals surface area contributed by atoms with Gasteiger partial charge in [-0.2, -0.15) is 0 Å². The van der Waals surface area contributed by atoms with E-state index in [-0.39, 0.29) is 18.3 Å². The number of amides is 1. The van der Waals surface area contributed by atoms with Crippen LogP contribution in [0, 0.1) is 0 Å². The molecule has 6 heteroatoms. The smallest absolute Gasteiger partial charge is 0.260 e. The van der Waals surface area contributed by atoms with Gasteiger partial charge in [-0.1, -0.05) is 28.9 Å². The van der Waals surface area contributed by atoms with Gasteiger partial charge in [-0.15, -0.1) is 0 Å². The van der Waals surface area contributed by atoms with E-state index in [2.05, 4.69) is 10.5 Å². The highest BCUT2D eigenvalue weighted by Crippen LogP contribution is 2.18. The van der Waals surface area contributed by atoms with E-state index in [1.807, 2.05) is 0 Å². The van der Waals surface area contributed by atoms with Crippen LogP contribution in [0.1, 0.15) is 18.4 Å². The number of amidine groups is 1. The number of hydrogen-bond acceptors (Lipinski definition) is 3. The molecule has 3 N–H and O–H groups in total. The molecule has 0 aliphatic heterocycles. The fraction of sp³-hybridized carbons (Fsp3) is 0.333. The summed E-state index contributed by atoms with van der Waals surface area (Å²) in [5.41, 5.74) is 6.36. The molecule has 1 amide bonds. The first-order chi connectivity index (χ1) is 8.65. The van der Waals surface area contributed by atoms with Crippen LogP contribution in [0.3, 0.4) is 0 Å². The Morgan fingerprint density at radius 3 is 3.00 bits per heavy atom. The van der Waals surface area contributed by atoms with Gasteiger partial charge in [-0.3, -0.25) is 4.79 Å². The van der Waals surface area contributed by atoms with Crippen molar-refractivity contribution in [2.24, 2.45) is 10.9 Å². The van der Waals surface area contributed by atoms with E-state index in [1.165, 1.54) is 0 Å². The zero-order chi connectivity index (χ0) is 13.0. The normalized spacial score (nSPS) is 15.3. The van der Waals surface area contributed by atoms with E-state index in [9.17, 15) is 4.79 Å². The van der Waals surface area contributed by atoms with Crippen molar-refractivity contribution in [3.63, 3.8) is 0 Å². The summed E-state index contributed by atoms with van der Waals surface area (Å²) in [6.07, 6.45) is 2.08. The molecule has 18 heavy (non-hydrogen) atoms. The van der Waals surface area contributed by atoms with Crippen LogP contribution in [0.15, 0.2) is 29.4 Å². The maximum absolute atomic E-state index is 11.3. The van der Waals surface area contributed by atoms with Gasteiger partial charge >= 0.3 is 0 Å². The van der Waals surface area contributed by atoms with Crippen LogP contribution in [0.5, 0.6) is 0 Å². The standard InChI is InChI=1S/C12H14ClN3O2/c13-9-3-1-2-8(6-9)12(14)16-18-7-11(17)15-10-4-5-10/h1-3,6,10H,4-5,7H2,(H2,14,16)(H,15,17). The van der Waals surface area contributed by atoms with Gasteiger partial charge in [0.1, 0.15) is 0 Å². The van der Waals surface area contributed by atoms with Gasteiger partial charge in [0.25, 0.3) is 5.91 Å². The summed E-state index contributed by atoms with van der Waals surface area (Å²) < 4.78 is 0. The zero-order valence-electron chi connectivity index (χ0n) is 9.73. The Hall–Kier alpha value is -1.75. The molecule has 1 aromatic carbocycles. The minimum absolute atomic E-state index is 0.127. The first-order valence-corrected chi connectivity index (χ1v) is 6.03. The van der Waals surface area contributed by atoms with Crippen molar-refractivity contribution in [1.29, 1.82) is 0 Å². The van der Waals surface area contributed by atoms with Crippen LogP contribution < -0.4 is 11.1 Å². The summed E-state index contributed by atoms with van der Waals surface area (Å²) in [6.45, 7) is -0.127. The molecule has 1 aliphatic carbocycles. The molecule has 0 saturated heterocycles. The quantitative estimate of drug-likeness (QED) is 0.479. The summed E-state index contributed by atoms with van der Waals surface area (Å²) >= 11 is 5.82. The van der Waals surface area contributed by atoms with Crippen molar-refractivity contribution >= 4 is 23.3 Å². The SMILES string of the molecule is N/C(=N\OCC(=O)NC1CC1)c1cccc(Cl)c1. The van der Waals surface area contributed by atoms with E-state index >= 15 is 0 Å². The van der Waals surface area contributed by atoms with Crippen LogP contribution in [-0.2, 0) is 9.63 Å². The largest absolute Gasteiger partial charge is 0.384 e. The van der Waals surface area contributed by atoms with Crippen molar-refractivity contribution in [2.45, 2.75) is 18.9 Å². The lowest BCUT2D eigenvalue weighted by Gasteiger charge is -2.03. The Balaban J connectivity index is 1.82. The number of carbonyl (C=O) groups excluding carboxylic acids is 1. The number of hydrogen-bond donors (Lipinski definition) is 2. The Morgan fingerprint density at radius 1 is 1.56 bits per heavy atom. The lowest BCUT2D eigenvalue weighted by atomic mass is 10.2.